The minimum atomic E-state index is -0.0353. The van der Waals surface area contributed by atoms with Crippen molar-refractivity contribution < 1.29 is 9.59 Å². The lowest BCUT2D eigenvalue weighted by atomic mass is 10.0. The molecular weight excluding hydrogens is 316 g/mol. The Labute approximate surface area is 149 Å². The molecule has 0 saturated carbocycles. The van der Waals surface area contributed by atoms with Gasteiger partial charge >= 0.3 is 0 Å². The second kappa shape index (κ2) is 7.95. The number of nitrogens with zero attached hydrogens (tertiary/aromatic N) is 3. The Hall–Kier alpha value is -1.95. The van der Waals surface area contributed by atoms with E-state index in [1.165, 1.54) is 13.3 Å². The molecule has 1 N–H and O–H groups in total. The number of nitrogens with one attached hydrogen (secondary N) is 1. The van der Waals surface area contributed by atoms with Gasteiger partial charge in [0.2, 0.25) is 11.8 Å². The summed E-state index contributed by atoms with van der Waals surface area (Å²) in [5, 5.41) is 2.82. The number of carbonyl (C=O) groups is 2. The van der Waals surface area contributed by atoms with E-state index < -0.39 is 0 Å². The summed E-state index contributed by atoms with van der Waals surface area (Å²) in [5.74, 6) is 0.149. The minimum absolute atomic E-state index is 0.0353. The van der Waals surface area contributed by atoms with Crippen LogP contribution in [0.4, 0.5) is 0 Å². The van der Waals surface area contributed by atoms with Gasteiger partial charge in [0.1, 0.15) is 0 Å². The highest BCUT2D eigenvalue weighted by Crippen LogP contribution is 2.35. The average molecular weight is 344 g/mol. The van der Waals surface area contributed by atoms with E-state index in [0.717, 1.165) is 50.3 Å². The maximum absolute atomic E-state index is 11.5. The zero-order valence-corrected chi connectivity index (χ0v) is 15.2. The molecule has 136 valence electrons. The van der Waals surface area contributed by atoms with Gasteiger partial charge in [-0.05, 0) is 44.4 Å². The lowest BCUT2D eigenvalue weighted by Crippen LogP contribution is -2.46. The maximum Gasteiger partial charge on any atom is 0.219 e. The number of carbonyl (C=O) groups excluding carboxylic acids is 2. The van der Waals surface area contributed by atoms with Crippen molar-refractivity contribution in [2.24, 2.45) is 0 Å². The third kappa shape index (κ3) is 4.37. The number of hydrogen-bond acceptors (Lipinski definition) is 4. The molecule has 1 aromatic rings. The number of hydrogen-bond donors (Lipinski definition) is 1. The Bertz CT molecular complexity index is 626. The quantitative estimate of drug-likeness (QED) is 0.905. The van der Waals surface area contributed by atoms with E-state index in [0.29, 0.717) is 18.6 Å². The fourth-order valence-corrected chi connectivity index (χ4v) is 4.05. The molecule has 0 spiro atoms. The van der Waals surface area contributed by atoms with Crippen LogP contribution in [0.3, 0.4) is 0 Å². The average Bonchev–Trinajstić information content (AvgIpc) is 3.10. The van der Waals surface area contributed by atoms with Crippen molar-refractivity contribution in [1.82, 2.24) is 20.1 Å². The van der Waals surface area contributed by atoms with E-state index >= 15 is 0 Å². The van der Waals surface area contributed by atoms with Crippen molar-refractivity contribution in [3.8, 4) is 0 Å². The lowest BCUT2D eigenvalue weighted by Gasteiger charge is -2.39. The summed E-state index contributed by atoms with van der Waals surface area (Å²) < 4.78 is 0. The van der Waals surface area contributed by atoms with Crippen molar-refractivity contribution in [2.45, 2.75) is 58.2 Å². The normalized spacial score (nSPS) is 22.2. The molecular formula is C19H28N4O2. The second-order valence-electron chi connectivity index (χ2n) is 7.10. The first-order valence-corrected chi connectivity index (χ1v) is 9.26. The molecule has 1 unspecified atom stereocenters. The van der Waals surface area contributed by atoms with Crippen LogP contribution in [0.5, 0.6) is 0 Å². The fourth-order valence-electron chi connectivity index (χ4n) is 4.05. The van der Waals surface area contributed by atoms with Crippen molar-refractivity contribution >= 4 is 11.8 Å². The van der Waals surface area contributed by atoms with Crippen LogP contribution in [0, 0.1) is 0 Å². The summed E-state index contributed by atoms with van der Waals surface area (Å²) in [4.78, 5) is 32.0. The molecule has 25 heavy (non-hydrogen) atoms. The van der Waals surface area contributed by atoms with Gasteiger partial charge in [-0.3, -0.25) is 19.5 Å². The van der Waals surface area contributed by atoms with Crippen LogP contribution in [0.2, 0.25) is 0 Å². The summed E-state index contributed by atoms with van der Waals surface area (Å²) in [6.07, 6.45) is 4.40. The Morgan fingerprint density at radius 2 is 1.92 bits per heavy atom. The van der Waals surface area contributed by atoms with Crippen LogP contribution in [0.15, 0.2) is 18.2 Å². The third-order valence-corrected chi connectivity index (χ3v) is 5.36. The van der Waals surface area contributed by atoms with Crippen molar-refractivity contribution in [2.75, 3.05) is 19.6 Å². The molecule has 2 amide bonds. The van der Waals surface area contributed by atoms with Gasteiger partial charge in [-0.2, -0.15) is 0 Å². The van der Waals surface area contributed by atoms with Gasteiger partial charge in [0, 0.05) is 33.0 Å². The first kappa shape index (κ1) is 17.9. The summed E-state index contributed by atoms with van der Waals surface area (Å²) >= 11 is 0. The Morgan fingerprint density at radius 1 is 1.16 bits per heavy atom. The topological polar surface area (TPSA) is 65.5 Å². The first-order chi connectivity index (χ1) is 12.0. The largest absolute Gasteiger partial charge is 0.351 e. The van der Waals surface area contributed by atoms with Crippen LogP contribution in [-0.4, -0.2) is 52.3 Å². The number of rotatable bonds is 4. The minimum Gasteiger partial charge on any atom is -0.351 e. The number of piperidine rings is 1. The van der Waals surface area contributed by atoms with Crippen LogP contribution < -0.4 is 5.32 Å². The highest BCUT2D eigenvalue weighted by Gasteiger charge is 2.34. The van der Waals surface area contributed by atoms with Crippen LogP contribution in [0.1, 0.15) is 57.0 Å². The molecule has 6 heteroatoms. The van der Waals surface area contributed by atoms with E-state index in [4.69, 9.17) is 4.98 Å². The van der Waals surface area contributed by atoms with Crippen molar-refractivity contribution in [3.63, 3.8) is 0 Å². The highest BCUT2D eigenvalue weighted by atomic mass is 16.2. The van der Waals surface area contributed by atoms with Crippen LogP contribution in [0.25, 0.3) is 0 Å². The summed E-state index contributed by atoms with van der Waals surface area (Å²) in [5.41, 5.74) is 2.01. The molecule has 2 saturated heterocycles. The van der Waals surface area contributed by atoms with Gasteiger partial charge in [-0.25, -0.2) is 0 Å². The zero-order valence-electron chi connectivity index (χ0n) is 15.2. The first-order valence-electron chi connectivity index (χ1n) is 9.26. The number of aromatic nitrogens is 1. The molecule has 2 aliphatic heterocycles. The summed E-state index contributed by atoms with van der Waals surface area (Å²) in [7, 11) is 0. The molecule has 6 nitrogen and oxygen atoms in total. The van der Waals surface area contributed by atoms with E-state index in [-0.39, 0.29) is 11.8 Å². The van der Waals surface area contributed by atoms with Gasteiger partial charge in [-0.15, -0.1) is 0 Å². The van der Waals surface area contributed by atoms with Crippen molar-refractivity contribution in [3.05, 3.63) is 29.6 Å². The van der Waals surface area contributed by atoms with Crippen LogP contribution in [-0.2, 0) is 16.1 Å². The molecule has 2 fully saturated rings. The number of pyridine rings is 1. The smallest absolute Gasteiger partial charge is 0.219 e. The number of likely N-dealkylation sites (tertiary alicyclic amines) is 2. The van der Waals surface area contributed by atoms with Gasteiger partial charge in [0.25, 0.3) is 0 Å². The zero-order chi connectivity index (χ0) is 17.8. The molecule has 0 radical (unpaired) electrons. The van der Waals surface area contributed by atoms with E-state index in [2.05, 4.69) is 16.3 Å². The Kier molecular flexibility index (Phi) is 5.68. The summed E-state index contributed by atoms with van der Waals surface area (Å²) in [6, 6.07) is 6.98. The van der Waals surface area contributed by atoms with Gasteiger partial charge in [0.15, 0.2) is 0 Å². The van der Waals surface area contributed by atoms with E-state index in [9.17, 15) is 9.59 Å². The van der Waals surface area contributed by atoms with Gasteiger partial charge < -0.3 is 10.2 Å². The molecule has 2 aliphatic rings. The second-order valence-corrected chi connectivity index (χ2v) is 7.10. The van der Waals surface area contributed by atoms with E-state index in [1.54, 1.807) is 6.92 Å². The maximum atomic E-state index is 11.5. The SMILES string of the molecule is CC(=O)NCc1cccc(C2CCCN2C2CCN(C(C)=O)CC2)n1. The van der Waals surface area contributed by atoms with Gasteiger partial charge in [0.05, 0.1) is 24.0 Å². The molecule has 1 atom stereocenters. The molecule has 0 bridgehead atoms. The predicted molar refractivity (Wildman–Crippen MR) is 95.7 cm³/mol. The van der Waals surface area contributed by atoms with Crippen LogP contribution >= 0.6 is 0 Å². The standard InChI is InChI=1S/C19H28N4O2/c1-14(24)20-13-16-5-3-6-18(21-16)19-7-4-10-23(19)17-8-11-22(12-9-17)15(2)25/h3,5-6,17,19H,4,7-13H2,1-2H3,(H,20,24). The molecule has 1 aromatic heterocycles. The number of amides is 2. The van der Waals surface area contributed by atoms with Crippen molar-refractivity contribution in [1.29, 1.82) is 0 Å². The Morgan fingerprint density at radius 3 is 2.60 bits per heavy atom. The highest BCUT2D eigenvalue weighted by molar-refractivity contribution is 5.73. The molecule has 0 aliphatic carbocycles. The fraction of sp³-hybridized carbons (Fsp3) is 0.632. The summed E-state index contributed by atoms with van der Waals surface area (Å²) in [6.45, 7) is 6.48. The molecule has 3 rings (SSSR count). The van der Waals surface area contributed by atoms with E-state index in [1.807, 2.05) is 17.0 Å². The predicted octanol–water partition coefficient (Wildman–Crippen LogP) is 1.87. The monoisotopic (exact) mass is 344 g/mol. The third-order valence-electron chi connectivity index (χ3n) is 5.36. The van der Waals surface area contributed by atoms with Gasteiger partial charge in [-0.1, -0.05) is 6.07 Å². The lowest BCUT2D eigenvalue weighted by molar-refractivity contribution is -0.130. The molecule has 3 heterocycles. The Balaban J connectivity index is 1.66. The molecule has 0 aromatic carbocycles.